The van der Waals surface area contributed by atoms with E-state index in [0.717, 1.165) is 35.3 Å². The lowest BCUT2D eigenvalue weighted by atomic mass is 9.90. The minimum Gasteiger partial charge on any atom is -0.304 e. The Morgan fingerprint density at radius 3 is 2.61 bits per heavy atom. The van der Waals surface area contributed by atoms with E-state index >= 15 is 0 Å². The van der Waals surface area contributed by atoms with Gasteiger partial charge in [-0.2, -0.15) is 5.10 Å². The first kappa shape index (κ1) is 21.1. The first-order valence-electron chi connectivity index (χ1n) is 10.7. The molecule has 6 nitrogen and oxygen atoms in total. The Bertz CT molecular complexity index is 1370. The van der Waals surface area contributed by atoms with Crippen LogP contribution in [0.15, 0.2) is 36.8 Å². The molecule has 4 heterocycles. The minimum atomic E-state index is -1.46. The Balaban J connectivity index is 1.41. The zero-order valence-electron chi connectivity index (χ0n) is 18.1. The Labute approximate surface area is 188 Å². The van der Waals surface area contributed by atoms with Crippen LogP contribution in [-0.4, -0.2) is 29.3 Å². The SMILES string of the molecule is Cc1cn(-c2ccc(/C=C/c3nc4n(n3)CCC[C@@H]4c3ccc(F)c(F)c3F)nc2C)cn1. The number of benzene rings is 1. The summed E-state index contributed by atoms with van der Waals surface area (Å²) in [6.07, 6.45) is 8.56. The quantitative estimate of drug-likeness (QED) is 0.411. The zero-order valence-corrected chi connectivity index (χ0v) is 18.1. The molecule has 4 aromatic rings. The molecular formula is C24H21F3N6. The van der Waals surface area contributed by atoms with E-state index in [1.54, 1.807) is 17.1 Å². The van der Waals surface area contributed by atoms with Crippen LogP contribution >= 0.6 is 0 Å². The van der Waals surface area contributed by atoms with E-state index in [9.17, 15) is 13.2 Å². The number of imidazole rings is 1. The van der Waals surface area contributed by atoms with E-state index in [-0.39, 0.29) is 5.56 Å². The van der Waals surface area contributed by atoms with Gasteiger partial charge < -0.3 is 4.57 Å². The van der Waals surface area contributed by atoms with Gasteiger partial charge in [0.2, 0.25) is 0 Å². The number of aryl methyl sites for hydroxylation is 3. The fraction of sp³-hybridized carbons (Fsp3) is 0.250. The molecule has 0 aliphatic carbocycles. The molecule has 0 amide bonds. The van der Waals surface area contributed by atoms with E-state index in [1.165, 1.54) is 6.07 Å². The van der Waals surface area contributed by atoms with Gasteiger partial charge in [-0.3, -0.25) is 4.98 Å². The van der Waals surface area contributed by atoms with Crippen LogP contribution in [-0.2, 0) is 6.54 Å². The van der Waals surface area contributed by atoms with Crippen molar-refractivity contribution in [3.05, 3.63) is 88.5 Å². The van der Waals surface area contributed by atoms with Gasteiger partial charge in [0.15, 0.2) is 23.3 Å². The molecule has 0 radical (unpaired) electrons. The van der Waals surface area contributed by atoms with Crippen molar-refractivity contribution in [2.45, 2.75) is 39.2 Å². The van der Waals surface area contributed by atoms with E-state index < -0.39 is 23.4 Å². The Morgan fingerprint density at radius 1 is 1.00 bits per heavy atom. The van der Waals surface area contributed by atoms with Gasteiger partial charge in [0.1, 0.15) is 5.82 Å². The molecule has 0 saturated carbocycles. The second-order valence-corrected chi connectivity index (χ2v) is 8.11. The second kappa shape index (κ2) is 8.31. The van der Waals surface area contributed by atoms with Crippen LogP contribution in [0.1, 0.15) is 53.1 Å². The van der Waals surface area contributed by atoms with Crippen LogP contribution in [0.4, 0.5) is 13.2 Å². The molecule has 3 aromatic heterocycles. The second-order valence-electron chi connectivity index (χ2n) is 8.11. The molecule has 9 heteroatoms. The van der Waals surface area contributed by atoms with Gasteiger partial charge >= 0.3 is 0 Å². The van der Waals surface area contributed by atoms with Crippen molar-refractivity contribution in [1.29, 1.82) is 0 Å². The number of hydrogen-bond donors (Lipinski definition) is 0. The molecule has 33 heavy (non-hydrogen) atoms. The van der Waals surface area contributed by atoms with E-state index in [2.05, 4.69) is 20.1 Å². The average Bonchev–Trinajstić information content (AvgIpc) is 3.42. The van der Waals surface area contributed by atoms with Gasteiger partial charge in [-0.25, -0.2) is 27.8 Å². The molecule has 0 spiro atoms. The number of pyridine rings is 1. The summed E-state index contributed by atoms with van der Waals surface area (Å²) in [4.78, 5) is 13.4. The lowest BCUT2D eigenvalue weighted by molar-refractivity contribution is 0.411. The van der Waals surface area contributed by atoms with Gasteiger partial charge in [-0.1, -0.05) is 6.07 Å². The smallest absolute Gasteiger partial charge is 0.194 e. The monoisotopic (exact) mass is 450 g/mol. The van der Waals surface area contributed by atoms with E-state index in [4.69, 9.17) is 0 Å². The third-order valence-corrected chi connectivity index (χ3v) is 5.80. The zero-order chi connectivity index (χ0) is 23.1. The Kier molecular flexibility index (Phi) is 5.32. The summed E-state index contributed by atoms with van der Waals surface area (Å²) in [6.45, 7) is 4.49. The lowest BCUT2D eigenvalue weighted by Gasteiger charge is -2.22. The molecule has 1 aromatic carbocycles. The number of halogens is 3. The fourth-order valence-corrected chi connectivity index (χ4v) is 4.20. The number of fused-ring (bicyclic) bond motifs is 1. The van der Waals surface area contributed by atoms with E-state index in [1.807, 2.05) is 42.8 Å². The highest BCUT2D eigenvalue weighted by atomic mass is 19.2. The average molecular weight is 450 g/mol. The summed E-state index contributed by atoms with van der Waals surface area (Å²) in [5.74, 6) is -3.31. The molecule has 0 saturated heterocycles. The summed E-state index contributed by atoms with van der Waals surface area (Å²) in [5.41, 5.74) is 3.56. The number of nitrogens with zero attached hydrogens (tertiary/aromatic N) is 6. The molecule has 5 rings (SSSR count). The molecule has 1 atom stereocenters. The van der Waals surface area contributed by atoms with Crippen LogP contribution in [0.2, 0.25) is 0 Å². The number of hydrogen-bond acceptors (Lipinski definition) is 4. The predicted molar refractivity (Wildman–Crippen MR) is 117 cm³/mol. The maximum Gasteiger partial charge on any atom is 0.194 e. The minimum absolute atomic E-state index is 0.0976. The molecule has 168 valence electrons. The molecule has 1 aliphatic rings. The molecule has 1 aliphatic heterocycles. The summed E-state index contributed by atoms with van der Waals surface area (Å²) < 4.78 is 45.2. The fourth-order valence-electron chi connectivity index (χ4n) is 4.20. The first-order chi connectivity index (χ1) is 15.9. The van der Waals surface area contributed by atoms with Gasteiger partial charge in [-0.05, 0) is 57.0 Å². The van der Waals surface area contributed by atoms with Crippen molar-refractivity contribution >= 4 is 12.2 Å². The van der Waals surface area contributed by atoms with Crippen molar-refractivity contribution in [2.75, 3.05) is 0 Å². The predicted octanol–water partition coefficient (Wildman–Crippen LogP) is 4.99. The molecular weight excluding hydrogens is 429 g/mol. The van der Waals surface area contributed by atoms with Crippen molar-refractivity contribution in [3.63, 3.8) is 0 Å². The van der Waals surface area contributed by atoms with Crippen LogP contribution in [0, 0.1) is 31.3 Å². The van der Waals surface area contributed by atoms with Crippen LogP contribution in [0.5, 0.6) is 0 Å². The number of rotatable bonds is 4. The van der Waals surface area contributed by atoms with Crippen molar-refractivity contribution in [3.8, 4) is 5.69 Å². The topological polar surface area (TPSA) is 61.4 Å². The maximum absolute atomic E-state index is 14.4. The van der Waals surface area contributed by atoms with Crippen LogP contribution in [0.25, 0.3) is 17.8 Å². The van der Waals surface area contributed by atoms with Gasteiger partial charge in [0.25, 0.3) is 0 Å². The van der Waals surface area contributed by atoms with Crippen molar-refractivity contribution in [2.24, 2.45) is 0 Å². The highest BCUT2D eigenvalue weighted by Gasteiger charge is 2.29. The van der Waals surface area contributed by atoms with Crippen LogP contribution < -0.4 is 0 Å². The van der Waals surface area contributed by atoms with Gasteiger partial charge in [0, 0.05) is 24.2 Å². The largest absolute Gasteiger partial charge is 0.304 e. The highest BCUT2D eigenvalue weighted by Crippen LogP contribution is 2.34. The van der Waals surface area contributed by atoms with Gasteiger partial charge in [0.05, 0.1) is 29.1 Å². The molecule has 0 bridgehead atoms. The lowest BCUT2D eigenvalue weighted by Crippen LogP contribution is -2.19. The summed E-state index contributed by atoms with van der Waals surface area (Å²) in [7, 11) is 0. The molecule has 0 unspecified atom stereocenters. The standard InChI is InChI=1S/C24H21F3N6/c1-14-12-32(13-28-14)20-9-5-16(29-15(20)2)6-10-21-30-24-18(4-3-11-33(24)31-21)17-7-8-19(25)23(27)22(17)26/h5-10,12-13,18H,3-4,11H2,1-2H3/b10-6+/t18-/m1/s1. The summed E-state index contributed by atoms with van der Waals surface area (Å²) in [6, 6.07) is 6.10. The van der Waals surface area contributed by atoms with E-state index in [0.29, 0.717) is 24.6 Å². The summed E-state index contributed by atoms with van der Waals surface area (Å²) >= 11 is 0. The highest BCUT2D eigenvalue weighted by molar-refractivity contribution is 5.65. The summed E-state index contributed by atoms with van der Waals surface area (Å²) in [5, 5.41) is 4.49. The first-order valence-corrected chi connectivity index (χ1v) is 10.7. The molecule has 0 fully saturated rings. The third-order valence-electron chi connectivity index (χ3n) is 5.80. The Hall–Kier alpha value is -3.75. The normalized spacial score (nSPS) is 15.8. The Morgan fingerprint density at radius 2 is 1.85 bits per heavy atom. The maximum atomic E-state index is 14.4. The van der Waals surface area contributed by atoms with Crippen molar-refractivity contribution in [1.82, 2.24) is 29.3 Å². The molecule has 0 N–H and O–H groups in total. The third kappa shape index (κ3) is 3.94. The van der Waals surface area contributed by atoms with Crippen molar-refractivity contribution < 1.29 is 13.2 Å². The van der Waals surface area contributed by atoms with Gasteiger partial charge in [-0.15, -0.1) is 0 Å². The number of aromatic nitrogens is 6. The van der Waals surface area contributed by atoms with Crippen LogP contribution in [0.3, 0.4) is 0 Å².